The van der Waals surface area contributed by atoms with Crippen molar-refractivity contribution in [1.82, 2.24) is 9.21 Å². The summed E-state index contributed by atoms with van der Waals surface area (Å²) in [6.45, 7) is 6.06. The van der Waals surface area contributed by atoms with Gasteiger partial charge in [-0.3, -0.25) is 9.69 Å². The van der Waals surface area contributed by atoms with Gasteiger partial charge in [0.25, 0.3) is 0 Å². The minimum atomic E-state index is -3.76. The number of para-hydroxylation sites is 1. The van der Waals surface area contributed by atoms with Crippen molar-refractivity contribution in [3.63, 3.8) is 0 Å². The minimum absolute atomic E-state index is 0.0200. The lowest BCUT2D eigenvalue weighted by atomic mass is 10.1. The molecule has 1 fully saturated rings. The molecule has 2 aromatic carbocycles. The van der Waals surface area contributed by atoms with Gasteiger partial charge in [-0.2, -0.15) is 4.31 Å². The van der Waals surface area contributed by atoms with Crippen LogP contribution in [-0.4, -0.2) is 62.8 Å². The van der Waals surface area contributed by atoms with Crippen LogP contribution in [-0.2, 0) is 14.8 Å². The van der Waals surface area contributed by atoms with Crippen LogP contribution in [0.3, 0.4) is 0 Å². The number of aryl methyl sites for hydroxylation is 1. The highest BCUT2D eigenvalue weighted by Gasteiger charge is 2.30. The van der Waals surface area contributed by atoms with Crippen LogP contribution in [0.1, 0.15) is 12.5 Å². The van der Waals surface area contributed by atoms with Crippen molar-refractivity contribution in [2.24, 2.45) is 0 Å². The highest BCUT2D eigenvalue weighted by molar-refractivity contribution is 7.89. The van der Waals surface area contributed by atoms with E-state index in [4.69, 9.17) is 11.6 Å². The number of halogens is 2. The van der Waals surface area contributed by atoms with E-state index in [-0.39, 0.29) is 35.5 Å². The lowest BCUT2D eigenvalue weighted by molar-refractivity contribution is -0.120. The molecule has 0 radical (unpaired) electrons. The van der Waals surface area contributed by atoms with E-state index < -0.39 is 15.8 Å². The van der Waals surface area contributed by atoms with Gasteiger partial charge in [0.2, 0.25) is 15.9 Å². The van der Waals surface area contributed by atoms with E-state index >= 15 is 0 Å². The number of hydrogen-bond acceptors (Lipinski definition) is 4. The molecule has 0 N–H and O–H groups in total. The summed E-state index contributed by atoms with van der Waals surface area (Å²) < 4.78 is 40.3. The lowest BCUT2D eigenvalue weighted by Gasteiger charge is -2.34. The van der Waals surface area contributed by atoms with Gasteiger partial charge in [0, 0.05) is 38.4 Å². The van der Waals surface area contributed by atoms with E-state index in [1.54, 1.807) is 4.90 Å². The van der Waals surface area contributed by atoms with Crippen molar-refractivity contribution in [1.29, 1.82) is 0 Å². The fraction of sp³-hybridized carbons (Fsp3) is 0.381. The number of nitrogens with zero attached hydrogens (tertiary/aromatic N) is 3. The zero-order valence-electron chi connectivity index (χ0n) is 17.0. The third kappa shape index (κ3) is 4.83. The van der Waals surface area contributed by atoms with Gasteiger partial charge in [-0.1, -0.05) is 29.8 Å². The number of piperazine rings is 1. The lowest BCUT2D eigenvalue weighted by Crippen LogP contribution is -2.51. The van der Waals surface area contributed by atoms with Gasteiger partial charge in [-0.05, 0) is 43.7 Å². The third-order valence-electron chi connectivity index (χ3n) is 5.24. The highest BCUT2D eigenvalue weighted by Crippen LogP contribution is 2.24. The molecule has 162 valence electrons. The first-order valence-corrected chi connectivity index (χ1v) is 11.6. The Morgan fingerprint density at radius 1 is 1.13 bits per heavy atom. The summed E-state index contributed by atoms with van der Waals surface area (Å²) in [7, 11) is -3.76. The van der Waals surface area contributed by atoms with E-state index in [0.717, 1.165) is 23.4 Å². The van der Waals surface area contributed by atoms with Crippen molar-refractivity contribution in [3.05, 3.63) is 58.9 Å². The summed E-state index contributed by atoms with van der Waals surface area (Å²) in [5.41, 5.74) is 1.92. The molecule has 1 heterocycles. The van der Waals surface area contributed by atoms with E-state index in [1.165, 1.54) is 10.4 Å². The fourth-order valence-electron chi connectivity index (χ4n) is 3.54. The summed E-state index contributed by atoms with van der Waals surface area (Å²) in [6.07, 6.45) is 0. The fourth-order valence-corrected chi connectivity index (χ4v) is 5.23. The first kappa shape index (κ1) is 22.7. The number of amides is 1. The number of hydrogen-bond donors (Lipinski definition) is 0. The van der Waals surface area contributed by atoms with Gasteiger partial charge >= 0.3 is 0 Å². The van der Waals surface area contributed by atoms with Gasteiger partial charge in [-0.25, -0.2) is 12.8 Å². The number of rotatable bonds is 6. The number of likely N-dealkylation sites (N-methyl/N-ethyl adjacent to an activating group) is 1. The van der Waals surface area contributed by atoms with Crippen LogP contribution >= 0.6 is 11.6 Å². The molecule has 0 atom stereocenters. The normalized spacial score (nSPS) is 15.9. The van der Waals surface area contributed by atoms with Gasteiger partial charge in [0.1, 0.15) is 5.82 Å². The molecule has 1 amide bonds. The molecule has 0 aliphatic carbocycles. The molecular formula is C21H25ClFN3O3S. The number of benzene rings is 2. The first-order valence-electron chi connectivity index (χ1n) is 9.77. The molecule has 0 aromatic heterocycles. The van der Waals surface area contributed by atoms with Crippen molar-refractivity contribution < 1.29 is 17.6 Å². The Morgan fingerprint density at radius 2 is 1.80 bits per heavy atom. The summed E-state index contributed by atoms with van der Waals surface area (Å²) in [5, 5.41) is -0.226. The maximum Gasteiger partial charge on any atom is 0.243 e. The zero-order valence-corrected chi connectivity index (χ0v) is 18.6. The summed E-state index contributed by atoms with van der Waals surface area (Å²) in [6, 6.07) is 11.1. The van der Waals surface area contributed by atoms with Crippen molar-refractivity contribution in [3.8, 4) is 0 Å². The maximum atomic E-state index is 13.4. The predicted molar refractivity (Wildman–Crippen MR) is 116 cm³/mol. The SMILES string of the molecule is CCN(C(=O)CN1CCN(S(=O)(=O)c2ccc(F)c(Cl)c2)CC1)c1ccccc1C. The molecular weight excluding hydrogens is 429 g/mol. The quantitative estimate of drug-likeness (QED) is 0.674. The Balaban J connectivity index is 1.63. The van der Waals surface area contributed by atoms with E-state index in [2.05, 4.69) is 0 Å². The molecule has 1 saturated heterocycles. The second-order valence-corrected chi connectivity index (χ2v) is 9.53. The average Bonchev–Trinajstić information content (AvgIpc) is 2.72. The summed E-state index contributed by atoms with van der Waals surface area (Å²) >= 11 is 5.74. The van der Waals surface area contributed by atoms with Crippen molar-refractivity contribution >= 4 is 33.2 Å². The molecule has 0 bridgehead atoms. The molecule has 2 aromatic rings. The largest absolute Gasteiger partial charge is 0.311 e. The smallest absolute Gasteiger partial charge is 0.243 e. The molecule has 6 nitrogen and oxygen atoms in total. The van der Waals surface area contributed by atoms with Crippen molar-refractivity contribution in [2.45, 2.75) is 18.7 Å². The van der Waals surface area contributed by atoms with Crippen molar-refractivity contribution in [2.75, 3.05) is 44.2 Å². The second kappa shape index (κ2) is 9.43. The molecule has 30 heavy (non-hydrogen) atoms. The standard InChI is InChI=1S/C21H25ClFN3O3S/c1-3-26(20-7-5-4-6-16(20)2)21(27)15-24-10-12-25(13-11-24)30(28,29)17-8-9-19(23)18(22)14-17/h4-9,14H,3,10-13,15H2,1-2H3. The molecule has 0 spiro atoms. The van der Waals surface area contributed by atoms with Gasteiger partial charge in [0.05, 0.1) is 16.5 Å². The molecule has 9 heteroatoms. The number of carbonyl (C=O) groups excluding carboxylic acids is 1. The topological polar surface area (TPSA) is 60.9 Å². The number of carbonyl (C=O) groups is 1. The monoisotopic (exact) mass is 453 g/mol. The Hall–Kier alpha value is -2.00. The van der Waals surface area contributed by atoms with E-state index in [0.29, 0.717) is 19.6 Å². The Bertz CT molecular complexity index is 1020. The third-order valence-corrected chi connectivity index (χ3v) is 7.43. The van der Waals surface area contributed by atoms with Crippen LogP contribution in [0.5, 0.6) is 0 Å². The molecule has 0 saturated carbocycles. The van der Waals surface area contributed by atoms with Crippen LogP contribution in [0.4, 0.5) is 10.1 Å². The van der Waals surface area contributed by atoms with Crippen LogP contribution in [0.25, 0.3) is 0 Å². The highest BCUT2D eigenvalue weighted by atomic mass is 35.5. The van der Waals surface area contributed by atoms with Gasteiger partial charge in [0.15, 0.2) is 0 Å². The Labute approximate surface area is 181 Å². The summed E-state index contributed by atoms with van der Waals surface area (Å²) in [4.78, 5) is 16.5. The second-order valence-electron chi connectivity index (χ2n) is 7.18. The van der Waals surface area contributed by atoms with Gasteiger partial charge < -0.3 is 4.90 Å². The van der Waals surface area contributed by atoms with Crippen LogP contribution < -0.4 is 4.90 Å². The molecule has 3 rings (SSSR count). The molecule has 0 unspecified atom stereocenters. The van der Waals surface area contributed by atoms with Gasteiger partial charge in [-0.15, -0.1) is 0 Å². The summed E-state index contributed by atoms with van der Waals surface area (Å²) in [5.74, 6) is -0.679. The average molecular weight is 454 g/mol. The van der Waals surface area contributed by atoms with Crippen LogP contribution in [0, 0.1) is 12.7 Å². The Kier molecular flexibility index (Phi) is 7.13. The minimum Gasteiger partial charge on any atom is -0.311 e. The maximum absolute atomic E-state index is 13.4. The van der Waals surface area contributed by atoms with Crippen LogP contribution in [0.2, 0.25) is 5.02 Å². The molecule has 1 aliphatic rings. The van der Waals surface area contributed by atoms with E-state index in [9.17, 15) is 17.6 Å². The number of sulfonamides is 1. The Morgan fingerprint density at radius 3 is 2.40 bits per heavy atom. The predicted octanol–water partition coefficient (Wildman–Crippen LogP) is 3.15. The molecule has 1 aliphatic heterocycles. The number of anilines is 1. The van der Waals surface area contributed by atoms with Crippen LogP contribution in [0.15, 0.2) is 47.4 Å². The first-order chi connectivity index (χ1) is 14.2. The zero-order chi connectivity index (χ0) is 21.9. The van der Waals surface area contributed by atoms with E-state index in [1.807, 2.05) is 43.0 Å².